The summed E-state index contributed by atoms with van der Waals surface area (Å²) in [6.45, 7) is 8.63. The van der Waals surface area contributed by atoms with E-state index >= 15 is 0 Å². The predicted molar refractivity (Wildman–Crippen MR) is 71.6 cm³/mol. The number of hydrogen-bond donors (Lipinski definition) is 1. The lowest BCUT2D eigenvalue weighted by Gasteiger charge is -2.40. The van der Waals surface area contributed by atoms with Crippen molar-refractivity contribution in [3.05, 3.63) is 0 Å². The zero-order valence-electron chi connectivity index (χ0n) is 11.9. The fourth-order valence-corrected chi connectivity index (χ4v) is 3.04. The molecular weight excluding hydrogens is 228 g/mol. The second-order valence-corrected chi connectivity index (χ2v) is 6.49. The SMILES string of the molecule is CC(C)(C)OC(=O)N1CCC[C@@H]2CCCNC[C@H]21. The number of carbonyl (C=O) groups excluding carboxylic acids is 1. The van der Waals surface area contributed by atoms with Crippen LogP contribution in [0.5, 0.6) is 0 Å². The molecule has 2 heterocycles. The van der Waals surface area contributed by atoms with Crippen LogP contribution >= 0.6 is 0 Å². The Labute approximate surface area is 110 Å². The van der Waals surface area contributed by atoms with E-state index in [1.807, 2.05) is 25.7 Å². The molecule has 2 atom stereocenters. The maximum Gasteiger partial charge on any atom is 0.410 e. The Balaban J connectivity index is 2.03. The number of piperidine rings is 1. The van der Waals surface area contributed by atoms with Crippen LogP contribution < -0.4 is 5.32 Å². The highest BCUT2D eigenvalue weighted by Crippen LogP contribution is 2.29. The fourth-order valence-electron chi connectivity index (χ4n) is 3.04. The molecule has 0 saturated carbocycles. The molecule has 0 unspecified atom stereocenters. The maximum absolute atomic E-state index is 12.3. The Morgan fingerprint density at radius 2 is 2.00 bits per heavy atom. The van der Waals surface area contributed by atoms with Gasteiger partial charge < -0.3 is 15.0 Å². The van der Waals surface area contributed by atoms with Gasteiger partial charge in [0, 0.05) is 13.1 Å². The second-order valence-electron chi connectivity index (χ2n) is 6.49. The zero-order valence-corrected chi connectivity index (χ0v) is 11.9. The standard InChI is InChI=1S/C14H26N2O2/c1-14(2,3)18-13(17)16-9-5-7-11-6-4-8-15-10-12(11)16/h11-12,15H,4-10H2,1-3H3/t11-,12+/m0/s1. The fraction of sp³-hybridized carbons (Fsp3) is 0.929. The lowest BCUT2D eigenvalue weighted by Crippen LogP contribution is -2.53. The lowest BCUT2D eigenvalue weighted by atomic mass is 9.86. The summed E-state index contributed by atoms with van der Waals surface area (Å²) < 4.78 is 5.53. The van der Waals surface area contributed by atoms with Crippen LogP contribution in [0.1, 0.15) is 46.5 Å². The largest absolute Gasteiger partial charge is 0.444 e. The third-order valence-electron chi connectivity index (χ3n) is 3.83. The first-order valence-corrected chi connectivity index (χ1v) is 7.18. The molecule has 4 nitrogen and oxygen atoms in total. The van der Waals surface area contributed by atoms with E-state index in [1.54, 1.807) is 0 Å². The van der Waals surface area contributed by atoms with Gasteiger partial charge in [-0.2, -0.15) is 0 Å². The highest BCUT2D eigenvalue weighted by molar-refractivity contribution is 5.68. The van der Waals surface area contributed by atoms with Crippen molar-refractivity contribution < 1.29 is 9.53 Å². The highest BCUT2D eigenvalue weighted by Gasteiger charge is 2.36. The molecular formula is C14H26N2O2. The first kappa shape index (κ1) is 13.7. The molecule has 0 radical (unpaired) electrons. The van der Waals surface area contributed by atoms with Crippen molar-refractivity contribution >= 4 is 6.09 Å². The van der Waals surface area contributed by atoms with Crippen molar-refractivity contribution in [2.45, 2.75) is 58.1 Å². The molecule has 0 aromatic rings. The highest BCUT2D eigenvalue weighted by atomic mass is 16.6. The van der Waals surface area contributed by atoms with Crippen molar-refractivity contribution in [2.24, 2.45) is 5.92 Å². The molecule has 1 amide bonds. The summed E-state index contributed by atoms with van der Waals surface area (Å²) in [5.41, 5.74) is -0.401. The number of nitrogens with one attached hydrogen (secondary N) is 1. The van der Waals surface area contributed by atoms with Crippen LogP contribution in [0.2, 0.25) is 0 Å². The van der Waals surface area contributed by atoms with Gasteiger partial charge in [0.1, 0.15) is 5.60 Å². The summed E-state index contributed by atoms with van der Waals surface area (Å²) in [7, 11) is 0. The van der Waals surface area contributed by atoms with Crippen LogP contribution in [0.3, 0.4) is 0 Å². The first-order valence-electron chi connectivity index (χ1n) is 7.18. The Hall–Kier alpha value is -0.770. The van der Waals surface area contributed by atoms with Crippen molar-refractivity contribution in [2.75, 3.05) is 19.6 Å². The Bertz CT molecular complexity index is 299. The minimum absolute atomic E-state index is 0.138. The quantitative estimate of drug-likeness (QED) is 0.721. The van der Waals surface area contributed by atoms with Gasteiger partial charge in [0.2, 0.25) is 0 Å². The summed E-state index contributed by atoms with van der Waals surface area (Å²) >= 11 is 0. The number of nitrogens with zero attached hydrogens (tertiary/aromatic N) is 1. The molecule has 2 saturated heterocycles. The number of ether oxygens (including phenoxy) is 1. The van der Waals surface area contributed by atoms with Gasteiger partial charge in [0.15, 0.2) is 0 Å². The van der Waals surface area contributed by atoms with Gasteiger partial charge in [-0.05, 0) is 58.9 Å². The Morgan fingerprint density at radius 1 is 1.28 bits per heavy atom. The minimum Gasteiger partial charge on any atom is -0.444 e. The molecule has 4 heteroatoms. The van der Waals surface area contributed by atoms with E-state index < -0.39 is 5.60 Å². The summed E-state index contributed by atoms with van der Waals surface area (Å²) in [5, 5.41) is 3.44. The lowest BCUT2D eigenvalue weighted by molar-refractivity contribution is 0.000862. The minimum atomic E-state index is -0.401. The molecule has 104 valence electrons. The van der Waals surface area contributed by atoms with E-state index in [1.165, 1.54) is 19.3 Å². The molecule has 0 bridgehead atoms. The molecule has 0 aromatic heterocycles. The van der Waals surface area contributed by atoms with E-state index in [0.29, 0.717) is 12.0 Å². The van der Waals surface area contributed by atoms with Crippen molar-refractivity contribution in [1.29, 1.82) is 0 Å². The number of amides is 1. The molecule has 1 N–H and O–H groups in total. The molecule has 2 aliphatic rings. The van der Waals surface area contributed by atoms with Crippen LogP contribution in [-0.4, -0.2) is 42.3 Å². The van der Waals surface area contributed by atoms with Crippen LogP contribution in [0.25, 0.3) is 0 Å². The molecule has 0 aliphatic carbocycles. The molecule has 0 aromatic carbocycles. The van der Waals surface area contributed by atoms with Crippen LogP contribution in [0.15, 0.2) is 0 Å². The molecule has 18 heavy (non-hydrogen) atoms. The topological polar surface area (TPSA) is 41.6 Å². The smallest absolute Gasteiger partial charge is 0.410 e. The normalized spacial score (nSPS) is 29.4. The predicted octanol–water partition coefficient (Wildman–Crippen LogP) is 2.39. The Kier molecular flexibility index (Phi) is 4.15. The van der Waals surface area contributed by atoms with Crippen LogP contribution in [-0.2, 0) is 4.74 Å². The van der Waals surface area contributed by atoms with Crippen molar-refractivity contribution in [3.8, 4) is 0 Å². The zero-order chi connectivity index (χ0) is 13.2. The van der Waals surface area contributed by atoms with Gasteiger partial charge in [-0.25, -0.2) is 4.79 Å². The Morgan fingerprint density at radius 3 is 2.72 bits per heavy atom. The van der Waals surface area contributed by atoms with Gasteiger partial charge in [0.25, 0.3) is 0 Å². The van der Waals surface area contributed by atoms with E-state index in [9.17, 15) is 4.79 Å². The van der Waals surface area contributed by atoms with Gasteiger partial charge in [-0.15, -0.1) is 0 Å². The number of rotatable bonds is 0. The van der Waals surface area contributed by atoms with Gasteiger partial charge in [0.05, 0.1) is 6.04 Å². The molecule has 2 aliphatic heterocycles. The van der Waals surface area contributed by atoms with Gasteiger partial charge in [-0.3, -0.25) is 0 Å². The third kappa shape index (κ3) is 3.37. The first-order chi connectivity index (χ1) is 8.47. The van der Waals surface area contributed by atoms with E-state index in [-0.39, 0.29) is 6.09 Å². The van der Waals surface area contributed by atoms with E-state index in [4.69, 9.17) is 4.74 Å². The molecule has 0 spiro atoms. The van der Waals surface area contributed by atoms with Crippen molar-refractivity contribution in [3.63, 3.8) is 0 Å². The van der Waals surface area contributed by atoms with Crippen LogP contribution in [0.4, 0.5) is 4.79 Å². The average Bonchev–Trinajstić information content (AvgIpc) is 2.50. The van der Waals surface area contributed by atoms with Gasteiger partial charge in [-0.1, -0.05) is 0 Å². The monoisotopic (exact) mass is 254 g/mol. The number of hydrogen-bond acceptors (Lipinski definition) is 3. The average molecular weight is 254 g/mol. The van der Waals surface area contributed by atoms with Crippen LogP contribution in [0, 0.1) is 5.92 Å². The summed E-state index contributed by atoms with van der Waals surface area (Å²) in [6.07, 6.45) is 4.69. The molecule has 2 fully saturated rings. The van der Waals surface area contributed by atoms with E-state index in [0.717, 1.165) is 26.1 Å². The second kappa shape index (κ2) is 5.47. The number of fused-ring (bicyclic) bond motifs is 1. The maximum atomic E-state index is 12.3. The summed E-state index contributed by atoms with van der Waals surface area (Å²) in [4.78, 5) is 14.2. The van der Waals surface area contributed by atoms with E-state index in [2.05, 4.69) is 5.32 Å². The summed E-state index contributed by atoms with van der Waals surface area (Å²) in [5.74, 6) is 0.654. The van der Waals surface area contributed by atoms with Gasteiger partial charge >= 0.3 is 6.09 Å². The summed E-state index contributed by atoms with van der Waals surface area (Å²) in [6, 6.07) is 0.330. The third-order valence-corrected chi connectivity index (χ3v) is 3.83. The molecule has 2 rings (SSSR count). The number of carbonyl (C=O) groups is 1. The number of likely N-dealkylation sites (tertiary alicyclic amines) is 1. The van der Waals surface area contributed by atoms with Crippen molar-refractivity contribution in [1.82, 2.24) is 10.2 Å².